The maximum Gasteiger partial charge on any atom is 0.251 e. The van der Waals surface area contributed by atoms with Gasteiger partial charge in [0.05, 0.1) is 45.0 Å². The van der Waals surface area contributed by atoms with Crippen LogP contribution in [0, 0.1) is 0 Å². The lowest BCUT2D eigenvalue weighted by Crippen LogP contribution is -2.29. The third-order valence-electron chi connectivity index (χ3n) is 6.46. The summed E-state index contributed by atoms with van der Waals surface area (Å²) < 4.78 is 24.3. The third kappa shape index (κ3) is 6.34. The molecule has 4 rings (SSSR count). The zero-order valence-electron chi connectivity index (χ0n) is 22.9. The van der Waals surface area contributed by atoms with Crippen molar-refractivity contribution in [2.45, 2.75) is 32.4 Å². The number of carbonyl (C=O) groups is 1. The van der Waals surface area contributed by atoms with Gasteiger partial charge in [-0.15, -0.1) is 6.58 Å². The number of allylic oxidation sites excluding steroid dienone is 1. The summed E-state index contributed by atoms with van der Waals surface area (Å²) in [6.07, 6.45) is 3.37. The molecule has 8 nitrogen and oxygen atoms in total. The second-order valence-corrected chi connectivity index (χ2v) is 9.06. The van der Waals surface area contributed by atoms with Gasteiger partial charge in [0.1, 0.15) is 5.82 Å². The standard InChI is InChI=1S/C31H35N3O5/c1-6-10-22-13-15-27(28(19-22)37-4)39-18-9-17-34-25-12-8-7-11-24(25)33-30(34)21(2)32-31(35)23-14-16-26(36-3)29(20-23)38-5/h6-8,11-16,19-21H,1,9-10,17-18H2,2-5H3,(H,32,35). The van der Waals surface area contributed by atoms with Crippen LogP contribution in [0.25, 0.3) is 11.0 Å². The van der Waals surface area contributed by atoms with E-state index in [0.717, 1.165) is 35.3 Å². The van der Waals surface area contributed by atoms with Gasteiger partial charge < -0.3 is 28.8 Å². The Labute approximate surface area is 229 Å². The molecule has 0 radical (unpaired) electrons. The minimum absolute atomic E-state index is 0.225. The minimum atomic E-state index is -0.337. The van der Waals surface area contributed by atoms with Gasteiger partial charge in [0.25, 0.3) is 5.91 Å². The van der Waals surface area contributed by atoms with Crippen LogP contribution >= 0.6 is 0 Å². The number of para-hydroxylation sites is 2. The monoisotopic (exact) mass is 529 g/mol. The lowest BCUT2D eigenvalue weighted by atomic mass is 10.1. The number of imidazole rings is 1. The first-order chi connectivity index (χ1) is 19.0. The molecule has 39 heavy (non-hydrogen) atoms. The van der Waals surface area contributed by atoms with Crippen LogP contribution in [-0.2, 0) is 13.0 Å². The number of nitrogens with zero attached hydrogens (tertiary/aromatic N) is 2. The Morgan fingerprint density at radius 3 is 2.44 bits per heavy atom. The molecule has 1 unspecified atom stereocenters. The second kappa shape index (κ2) is 12.9. The summed E-state index contributed by atoms with van der Waals surface area (Å²) in [5.41, 5.74) is 3.47. The summed E-state index contributed by atoms with van der Waals surface area (Å²) in [6.45, 7) is 6.89. The number of aromatic nitrogens is 2. The Morgan fingerprint density at radius 2 is 1.69 bits per heavy atom. The van der Waals surface area contributed by atoms with Gasteiger partial charge in [0, 0.05) is 12.1 Å². The highest BCUT2D eigenvalue weighted by atomic mass is 16.5. The van der Waals surface area contributed by atoms with Crippen LogP contribution in [0.1, 0.15) is 41.1 Å². The Hall–Kier alpha value is -4.46. The molecular weight excluding hydrogens is 494 g/mol. The van der Waals surface area contributed by atoms with Gasteiger partial charge in [0.2, 0.25) is 0 Å². The molecule has 1 amide bonds. The van der Waals surface area contributed by atoms with E-state index < -0.39 is 0 Å². The first-order valence-electron chi connectivity index (χ1n) is 12.9. The largest absolute Gasteiger partial charge is 0.493 e. The van der Waals surface area contributed by atoms with Crippen molar-refractivity contribution in [2.75, 3.05) is 27.9 Å². The normalized spacial score (nSPS) is 11.6. The smallest absolute Gasteiger partial charge is 0.251 e. The molecule has 3 aromatic carbocycles. The van der Waals surface area contributed by atoms with E-state index in [-0.39, 0.29) is 11.9 Å². The zero-order chi connectivity index (χ0) is 27.8. The molecule has 1 aromatic heterocycles. The highest BCUT2D eigenvalue weighted by molar-refractivity contribution is 5.95. The van der Waals surface area contributed by atoms with Gasteiger partial charge >= 0.3 is 0 Å². The topological polar surface area (TPSA) is 83.8 Å². The number of amides is 1. The van der Waals surface area contributed by atoms with Crippen molar-refractivity contribution in [3.05, 3.63) is 90.3 Å². The van der Waals surface area contributed by atoms with Crippen molar-refractivity contribution in [2.24, 2.45) is 0 Å². The quantitative estimate of drug-likeness (QED) is 0.175. The van der Waals surface area contributed by atoms with Crippen LogP contribution in [0.5, 0.6) is 23.0 Å². The van der Waals surface area contributed by atoms with Gasteiger partial charge in [-0.2, -0.15) is 0 Å². The summed E-state index contributed by atoms with van der Waals surface area (Å²) in [4.78, 5) is 17.9. The van der Waals surface area contributed by atoms with Crippen LogP contribution in [0.2, 0.25) is 0 Å². The number of aryl methyl sites for hydroxylation is 1. The fraction of sp³-hybridized carbons (Fsp3) is 0.290. The minimum Gasteiger partial charge on any atom is -0.493 e. The molecule has 0 saturated carbocycles. The second-order valence-electron chi connectivity index (χ2n) is 9.06. The molecule has 8 heteroatoms. The van der Waals surface area contributed by atoms with Crippen LogP contribution in [0.4, 0.5) is 0 Å². The summed E-state index contributed by atoms with van der Waals surface area (Å²) in [7, 11) is 4.75. The molecule has 1 heterocycles. The molecule has 0 aliphatic carbocycles. The number of rotatable bonds is 13. The number of ether oxygens (including phenoxy) is 4. The third-order valence-corrected chi connectivity index (χ3v) is 6.46. The maximum absolute atomic E-state index is 13.1. The highest BCUT2D eigenvalue weighted by Gasteiger charge is 2.20. The van der Waals surface area contributed by atoms with E-state index in [9.17, 15) is 4.79 Å². The van der Waals surface area contributed by atoms with Crippen molar-refractivity contribution < 1.29 is 23.7 Å². The summed E-state index contributed by atoms with van der Waals surface area (Å²) in [5.74, 6) is 3.02. The molecular formula is C31H35N3O5. The SMILES string of the molecule is C=CCc1ccc(OCCCn2c(C(C)NC(=O)c3ccc(OC)c(OC)c3)nc3ccccc32)c(OC)c1. The molecule has 0 aliphatic heterocycles. The molecule has 1 atom stereocenters. The molecule has 4 aromatic rings. The lowest BCUT2D eigenvalue weighted by molar-refractivity contribution is 0.0937. The van der Waals surface area contributed by atoms with Gasteiger partial charge in [-0.1, -0.05) is 24.3 Å². The van der Waals surface area contributed by atoms with E-state index in [1.54, 1.807) is 39.5 Å². The molecule has 1 N–H and O–H groups in total. The summed E-state index contributed by atoms with van der Waals surface area (Å²) in [5, 5.41) is 3.08. The van der Waals surface area contributed by atoms with Gasteiger partial charge in [-0.25, -0.2) is 4.98 Å². The molecule has 204 valence electrons. The average molecular weight is 530 g/mol. The van der Waals surface area contributed by atoms with E-state index >= 15 is 0 Å². The van der Waals surface area contributed by atoms with Crippen molar-refractivity contribution in [1.29, 1.82) is 0 Å². The Kier molecular flexibility index (Phi) is 9.10. The number of benzene rings is 3. The van der Waals surface area contributed by atoms with Crippen molar-refractivity contribution in [3.63, 3.8) is 0 Å². The first kappa shape index (κ1) is 27.6. The fourth-order valence-electron chi connectivity index (χ4n) is 4.51. The maximum atomic E-state index is 13.1. The number of fused-ring (bicyclic) bond motifs is 1. The van der Waals surface area contributed by atoms with Crippen molar-refractivity contribution in [3.8, 4) is 23.0 Å². The number of methoxy groups -OCH3 is 3. The Morgan fingerprint density at radius 1 is 0.974 bits per heavy atom. The van der Waals surface area contributed by atoms with E-state index in [1.807, 2.05) is 55.5 Å². The predicted octanol–water partition coefficient (Wildman–Crippen LogP) is 5.75. The Bertz CT molecular complexity index is 1450. The molecule has 0 aliphatic rings. The Balaban J connectivity index is 1.47. The number of carbonyl (C=O) groups excluding carboxylic acids is 1. The van der Waals surface area contributed by atoms with E-state index in [2.05, 4.69) is 16.5 Å². The summed E-state index contributed by atoms with van der Waals surface area (Å²) >= 11 is 0. The van der Waals surface area contributed by atoms with E-state index in [1.165, 1.54) is 0 Å². The molecule has 0 fully saturated rings. The predicted molar refractivity (Wildman–Crippen MR) is 152 cm³/mol. The van der Waals surface area contributed by atoms with E-state index in [0.29, 0.717) is 41.7 Å². The van der Waals surface area contributed by atoms with Gasteiger partial charge in [-0.3, -0.25) is 4.79 Å². The number of nitrogens with one attached hydrogen (secondary N) is 1. The van der Waals surface area contributed by atoms with Crippen molar-refractivity contribution >= 4 is 16.9 Å². The fourth-order valence-corrected chi connectivity index (χ4v) is 4.51. The molecule has 0 bridgehead atoms. The number of hydrogen-bond acceptors (Lipinski definition) is 6. The highest BCUT2D eigenvalue weighted by Crippen LogP contribution is 2.30. The molecule has 0 saturated heterocycles. The lowest BCUT2D eigenvalue weighted by Gasteiger charge is -2.17. The molecule has 0 spiro atoms. The van der Waals surface area contributed by atoms with Gasteiger partial charge in [0.15, 0.2) is 23.0 Å². The average Bonchev–Trinajstić information content (AvgIpc) is 3.34. The van der Waals surface area contributed by atoms with Crippen LogP contribution in [0.15, 0.2) is 73.3 Å². The first-order valence-corrected chi connectivity index (χ1v) is 12.9. The van der Waals surface area contributed by atoms with Crippen molar-refractivity contribution in [1.82, 2.24) is 14.9 Å². The van der Waals surface area contributed by atoms with Crippen LogP contribution < -0.4 is 24.3 Å². The zero-order valence-corrected chi connectivity index (χ0v) is 22.9. The number of hydrogen-bond donors (Lipinski definition) is 1. The summed E-state index contributed by atoms with van der Waals surface area (Å²) in [6, 6.07) is 18.6. The van der Waals surface area contributed by atoms with Gasteiger partial charge in [-0.05, 0) is 67.8 Å². The van der Waals surface area contributed by atoms with Crippen LogP contribution in [-0.4, -0.2) is 43.4 Å². The van der Waals surface area contributed by atoms with Crippen LogP contribution in [0.3, 0.4) is 0 Å². The van der Waals surface area contributed by atoms with E-state index in [4.69, 9.17) is 23.9 Å².